The molecule has 3 nitrogen and oxygen atoms in total. The Kier molecular flexibility index (Phi) is 5.03. The Labute approximate surface area is 157 Å². The number of rotatable bonds is 4. The molecule has 0 saturated carbocycles. The zero-order valence-corrected chi connectivity index (χ0v) is 15.8. The molecule has 0 spiro atoms. The van der Waals surface area contributed by atoms with Crippen LogP contribution < -0.4 is 10.2 Å². The van der Waals surface area contributed by atoms with Gasteiger partial charge in [-0.05, 0) is 39.3 Å². The molecule has 0 bridgehead atoms. The maximum absolute atomic E-state index is 13.2. The molecule has 0 amide bonds. The molecule has 0 unspecified atom stereocenters. The van der Waals surface area contributed by atoms with Crippen molar-refractivity contribution in [1.29, 1.82) is 0 Å². The van der Waals surface area contributed by atoms with E-state index in [1.54, 1.807) is 0 Å². The predicted molar refractivity (Wildman–Crippen MR) is 97.9 cm³/mol. The highest BCUT2D eigenvalue weighted by atomic mass is 19.4. The van der Waals surface area contributed by atoms with E-state index in [0.717, 1.165) is 17.7 Å². The molecule has 144 valence electrons. The molecule has 1 saturated heterocycles. The Bertz CT molecular complexity index is 788. The zero-order valence-electron chi connectivity index (χ0n) is 15.8. The number of alkyl halides is 3. The van der Waals surface area contributed by atoms with E-state index in [0.29, 0.717) is 5.46 Å². The monoisotopic (exact) mass is 378 g/mol. The largest absolute Gasteiger partial charge is 0.498 e. The predicted octanol–water partition coefficient (Wildman–Crippen LogP) is 4.58. The summed E-state index contributed by atoms with van der Waals surface area (Å²) < 4.78 is 57.2. The summed E-state index contributed by atoms with van der Waals surface area (Å²) in [7, 11) is -0.803. The average molecular weight is 378 g/mol. The van der Waals surface area contributed by atoms with Crippen molar-refractivity contribution >= 4 is 12.6 Å². The first kappa shape index (κ1) is 19.8. The Morgan fingerprint density at radius 2 is 1.52 bits per heavy atom. The Morgan fingerprint density at radius 1 is 0.926 bits per heavy atom. The van der Waals surface area contributed by atoms with Gasteiger partial charge in [-0.25, -0.2) is 0 Å². The van der Waals surface area contributed by atoms with Gasteiger partial charge in [0.1, 0.15) is 12.4 Å². The second-order valence-electron chi connectivity index (χ2n) is 7.61. The molecule has 1 fully saturated rings. The van der Waals surface area contributed by atoms with Crippen LogP contribution in [0.15, 0.2) is 48.5 Å². The minimum absolute atomic E-state index is 0.104. The second-order valence-corrected chi connectivity index (χ2v) is 7.61. The van der Waals surface area contributed by atoms with Gasteiger partial charge in [0.2, 0.25) is 0 Å². The van der Waals surface area contributed by atoms with Crippen molar-refractivity contribution in [2.45, 2.75) is 51.7 Å². The minimum Gasteiger partial charge on any atom is -0.489 e. The highest BCUT2D eigenvalue weighted by Crippen LogP contribution is 2.38. The molecule has 0 atom stereocenters. The van der Waals surface area contributed by atoms with Crippen molar-refractivity contribution < 1.29 is 27.2 Å². The maximum Gasteiger partial charge on any atom is 0.498 e. The summed E-state index contributed by atoms with van der Waals surface area (Å²) in [6, 6.07) is 12.7. The van der Waals surface area contributed by atoms with Gasteiger partial charge >= 0.3 is 13.3 Å². The second kappa shape index (κ2) is 6.87. The van der Waals surface area contributed by atoms with Crippen LogP contribution in [0.3, 0.4) is 0 Å². The molecule has 3 rings (SSSR count). The quantitative estimate of drug-likeness (QED) is 0.729. The van der Waals surface area contributed by atoms with Crippen molar-refractivity contribution in [3.63, 3.8) is 0 Å². The van der Waals surface area contributed by atoms with Gasteiger partial charge in [0, 0.05) is 5.46 Å². The number of ether oxygens (including phenoxy) is 1. The van der Waals surface area contributed by atoms with Crippen molar-refractivity contribution in [3.8, 4) is 5.75 Å². The van der Waals surface area contributed by atoms with Crippen LogP contribution in [-0.4, -0.2) is 18.3 Å². The highest BCUT2D eigenvalue weighted by Gasteiger charge is 2.52. The van der Waals surface area contributed by atoms with Crippen LogP contribution in [0.25, 0.3) is 0 Å². The number of hydrogen-bond donors (Lipinski definition) is 0. The molecular weight excluding hydrogens is 356 g/mol. The normalized spacial score (nSPS) is 18.6. The Hall–Kier alpha value is -1.99. The lowest BCUT2D eigenvalue weighted by Crippen LogP contribution is -2.41. The molecule has 0 N–H and O–H groups in total. The SMILES string of the molecule is CC1(C)OB(c2ccc(C(F)(F)F)cc2OCc2ccccc2)OC1(C)C. The van der Waals surface area contributed by atoms with E-state index in [1.807, 2.05) is 58.0 Å². The first-order valence-electron chi connectivity index (χ1n) is 8.73. The van der Waals surface area contributed by atoms with Crippen LogP contribution in [0.2, 0.25) is 0 Å². The molecule has 0 aromatic heterocycles. The van der Waals surface area contributed by atoms with E-state index in [9.17, 15) is 13.2 Å². The highest BCUT2D eigenvalue weighted by molar-refractivity contribution is 6.63. The van der Waals surface area contributed by atoms with Crippen molar-refractivity contribution in [3.05, 3.63) is 59.7 Å². The third-order valence-corrected chi connectivity index (χ3v) is 5.09. The summed E-state index contributed by atoms with van der Waals surface area (Å²) in [5.74, 6) is 0.104. The molecule has 2 aromatic carbocycles. The average Bonchev–Trinajstić information content (AvgIpc) is 2.80. The van der Waals surface area contributed by atoms with E-state index in [4.69, 9.17) is 14.0 Å². The summed E-state index contributed by atoms with van der Waals surface area (Å²) in [6.45, 7) is 7.71. The molecule has 1 aliphatic heterocycles. The van der Waals surface area contributed by atoms with E-state index < -0.39 is 30.1 Å². The summed E-state index contributed by atoms with van der Waals surface area (Å²) in [5.41, 5.74) is -0.674. The molecule has 2 aromatic rings. The van der Waals surface area contributed by atoms with Crippen LogP contribution >= 0.6 is 0 Å². The lowest BCUT2D eigenvalue weighted by Gasteiger charge is -2.32. The fourth-order valence-corrected chi connectivity index (χ4v) is 2.74. The summed E-state index contributed by atoms with van der Waals surface area (Å²) in [4.78, 5) is 0. The Balaban J connectivity index is 1.93. The van der Waals surface area contributed by atoms with Gasteiger partial charge < -0.3 is 14.0 Å². The first-order chi connectivity index (χ1) is 12.5. The number of halogens is 3. The van der Waals surface area contributed by atoms with Gasteiger partial charge in [0.05, 0.1) is 16.8 Å². The maximum atomic E-state index is 13.2. The third-order valence-electron chi connectivity index (χ3n) is 5.09. The van der Waals surface area contributed by atoms with Gasteiger partial charge in [-0.1, -0.05) is 42.5 Å². The molecule has 27 heavy (non-hydrogen) atoms. The fourth-order valence-electron chi connectivity index (χ4n) is 2.74. The summed E-state index contributed by atoms with van der Waals surface area (Å²) >= 11 is 0. The molecule has 1 aliphatic rings. The summed E-state index contributed by atoms with van der Waals surface area (Å²) in [5, 5.41) is 0. The van der Waals surface area contributed by atoms with Crippen LogP contribution in [0.5, 0.6) is 5.75 Å². The van der Waals surface area contributed by atoms with E-state index in [-0.39, 0.29) is 12.4 Å². The topological polar surface area (TPSA) is 27.7 Å². The van der Waals surface area contributed by atoms with Gasteiger partial charge in [0.25, 0.3) is 0 Å². The van der Waals surface area contributed by atoms with Crippen LogP contribution in [0, 0.1) is 0 Å². The van der Waals surface area contributed by atoms with Crippen molar-refractivity contribution in [2.75, 3.05) is 0 Å². The number of hydrogen-bond acceptors (Lipinski definition) is 3. The van der Waals surface area contributed by atoms with Gasteiger partial charge in [0.15, 0.2) is 0 Å². The van der Waals surface area contributed by atoms with Crippen LogP contribution in [-0.2, 0) is 22.1 Å². The van der Waals surface area contributed by atoms with Gasteiger partial charge in [-0.15, -0.1) is 0 Å². The number of benzene rings is 2. The van der Waals surface area contributed by atoms with E-state index in [1.165, 1.54) is 6.07 Å². The van der Waals surface area contributed by atoms with E-state index >= 15 is 0 Å². The molecule has 0 radical (unpaired) electrons. The lowest BCUT2D eigenvalue weighted by molar-refractivity contribution is -0.137. The smallest absolute Gasteiger partial charge is 0.489 e. The molecule has 7 heteroatoms. The fraction of sp³-hybridized carbons (Fsp3) is 0.400. The minimum atomic E-state index is -4.46. The molecular formula is C20H22BF3O3. The third kappa shape index (κ3) is 4.14. The van der Waals surface area contributed by atoms with E-state index in [2.05, 4.69) is 0 Å². The Morgan fingerprint density at radius 3 is 2.07 bits per heavy atom. The van der Waals surface area contributed by atoms with Crippen molar-refractivity contribution in [1.82, 2.24) is 0 Å². The molecule has 0 aliphatic carbocycles. The van der Waals surface area contributed by atoms with Crippen molar-refractivity contribution in [2.24, 2.45) is 0 Å². The molecule has 1 heterocycles. The van der Waals surface area contributed by atoms with Crippen LogP contribution in [0.4, 0.5) is 13.2 Å². The van der Waals surface area contributed by atoms with Crippen LogP contribution in [0.1, 0.15) is 38.8 Å². The summed E-state index contributed by atoms with van der Waals surface area (Å²) in [6.07, 6.45) is -4.46. The zero-order chi connectivity index (χ0) is 19.9. The van der Waals surface area contributed by atoms with Gasteiger partial charge in [-0.2, -0.15) is 13.2 Å². The van der Waals surface area contributed by atoms with Gasteiger partial charge in [-0.3, -0.25) is 0 Å². The standard InChI is InChI=1S/C20H22BF3O3/c1-18(2)19(3,4)27-21(26-18)16-11-10-15(20(22,23)24)12-17(16)25-13-14-8-6-5-7-9-14/h5-12H,13H2,1-4H3. The first-order valence-corrected chi connectivity index (χ1v) is 8.73. The lowest BCUT2D eigenvalue weighted by atomic mass is 9.78.